The van der Waals surface area contributed by atoms with E-state index in [1.807, 2.05) is 28.8 Å². The minimum Gasteiger partial charge on any atom is -0.339 e. The number of para-hydroxylation sites is 2. The molecule has 3 aromatic rings. The summed E-state index contributed by atoms with van der Waals surface area (Å²) >= 11 is 6.32. The number of carbonyl (C=O) groups is 1. The standard InChI is InChI=1S/C24H25ClFN3O/c25-19-9-6-10-20(26)18(19)15-29-22-12-5-4-11-21(22)27-24(29)16-13-23(30)28(14-16)17-7-2-1-3-8-17/h4-6,9-12,16-17H,1-3,7-8,13-15H2. The van der Waals surface area contributed by atoms with Crippen LogP contribution in [0.15, 0.2) is 42.5 Å². The molecule has 1 aliphatic heterocycles. The van der Waals surface area contributed by atoms with Gasteiger partial charge in [-0.25, -0.2) is 9.37 Å². The maximum Gasteiger partial charge on any atom is 0.223 e. The number of fused-ring (bicyclic) bond motifs is 1. The van der Waals surface area contributed by atoms with Crippen LogP contribution < -0.4 is 0 Å². The molecule has 1 saturated carbocycles. The van der Waals surface area contributed by atoms with Crippen molar-refractivity contribution in [2.45, 2.75) is 57.0 Å². The van der Waals surface area contributed by atoms with Crippen molar-refractivity contribution in [1.82, 2.24) is 14.5 Å². The molecule has 1 amide bonds. The fourth-order valence-corrected chi connectivity index (χ4v) is 5.29. The lowest BCUT2D eigenvalue weighted by Crippen LogP contribution is -2.37. The predicted octanol–water partition coefficient (Wildman–Crippen LogP) is 5.53. The summed E-state index contributed by atoms with van der Waals surface area (Å²) in [6, 6.07) is 13.0. The summed E-state index contributed by atoms with van der Waals surface area (Å²) in [5.41, 5.74) is 2.26. The number of hydrogen-bond donors (Lipinski definition) is 0. The van der Waals surface area contributed by atoms with Crippen molar-refractivity contribution < 1.29 is 9.18 Å². The lowest BCUT2D eigenvalue weighted by atomic mass is 9.94. The summed E-state index contributed by atoms with van der Waals surface area (Å²) in [7, 11) is 0. The Hall–Kier alpha value is -2.40. The molecule has 1 atom stereocenters. The molecule has 1 aliphatic carbocycles. The third-order valence-electron chi connectivity index (χ3n) is 6.60. The van der Waals surface area contributed by atoms with E-state index in [2.05, 4.69) is 4.90 Å². The van der Waals surface area contributed by atoms with Gasteiger partial charge in [0.25, 0.3) is 0 Å². The van der Waals surface area contributed by atoms with Crippen LogP contribution in [0.5, 0.6) is 0 Å². The molecule has 1 saturated heterocycles. The van der Waals surface area contributed by atoms with Crippen molar-refractivity contribution in [3.63, 3.8) is 0 Å². The van der Waals surface area contributed by atoms with Gasteiger partial charge in [0, 0.05) is 35.5 Å². The molecule has 156 valence electrons. The summed E-state index contributed by atoms with van der Waals surface area (Å²) in [5, 5.41) is 0.407. The van der Waals surface area contributed by atoms with Crippen LogP contribution in [0.3, 0.4) is 0 Å². The highest BCUT2D eigenvalue weighted by molar-refractivity contribution is 6.31. The van der Waals surface area contributed by atoms with E-state index in [1.54, 1.807) is 12.1 Å². The van der Waals surface area contributed by atoms with E-state index in [1.165, 1.54) is 25.3 Å². The minimum atomic E-state index is -0.322. The molecule has 1 unspecified atom stereocenters. The molecule has 5 rings (SSSR count). The Morgan fingerprint density at radius 2 is 1.87 bits per heavy atom. The molecule has 4 nitrogen and oxygen atoms in total. The van der Waals surface area contributed by atoms with Crippen molar-refractivity contribution in [1.29, 1.82) is 0 Å². The van der Waals surface area contributed by atoms with Crippen LogP contribution >= 0.6 is 11.6 Å². The molecule has 0 bridgehead atoms. The summed E-state index contributed by atoms with van der Waals surface area (Å²) in [5.74, 6) is 0.756. The summed E-state index contributed by atoms with van der Waals surface area (Å²) < 4.78 is 16.6. The van der Waals surface area contributed by atoms with Gasteiger partial charge in [-0.1, -0.05) is 49.1 Å². The summed E-state index contributed by atoms with van der Waals surface area (Å²) in [6.07, 6.45) is 6.32. The Morgan fingerprint density at radius 3 is 2.67 bits per heavy atom. The number of amides is 1. The normalized spacial score (nSPS) is 20.4. The van der Waals surface area contributed by atoms with E-state index in [4.69, 9.17) is 16.6 Å². The Labute approximate surface area is 180 Å². The van der Waals surface area contributed by atoms with E-state index in [0.29, 0.717) is 36.1 Å². The first-order valence-corrected chi connectivity index (χ1v) is 11.2. The average molecular weight is 426 g/mol. The monoisotopic (exact) mass is 425 g/mol. The molecule has 2 fully saturated rings. The van der Waals surface area contributed by atoms with Gasteiger partial charge >= 0.3 is 0 Å². The van der Waals surface area contributed by atoms with Crippen LogP contribution in [-0.4, -0.2) is 32.9 Å². The van der Waals surface area contributed by atoms with Gasteiger partial charge in [-0.15, -0.1) is 0 Å². The first-order chi connectivity index (χ1) is 14.6. The molecule has 0 spiro atoms. The Morgan fingerprint density at radius 1 is 1.07 bits per heavy atom. The second-order valence-corrected chi connectivity index (χ2v) is 8.89. The molecular formula is C24H25ClFN3O. The van der Waals surface area contributed by atoms with E-state index in [9.17, 15) is 9.18 Å². The number of likely N-dealkylation sites (tertiary alicyclic amines) is 1. The molecule has 0 radical (unpaired) electrons. The second-order valence-electron chi connectivity index (χ2n) is 8.48. The zero-order valence-corrected chi connectivity index (χ0v) is 17.6. The highest BCUT2D eigenvalue weighted by Gasteiger charge is 2.37. The highest BCUT2D eigenvalue weighted by atomic mass is 35.5. The number of hydrogen-bond acceptors (Lipinski definition) is 2. The lowest BCUT2D eigenvalue weighted by Gasteiger charge is -2.31. The number of halogens is 2. The van der Waals surface area contributed by atoms with Crippen LogP contribution in [-0.2, 0) is 11.3 Å². The van der Waals surface area contributed by atoms with Gasteiger partial charge in [0.05, 0.1) is 17.6 Å². The smallest absolute Gasteiger partial charge is 0.223 e. The number of benzene rings is 2. The summed E-state index contributed by atoms with van der Waals surface area (Å²) in [4.78, 5) is 19.8. The molecule has 2 heterocycles. The van der Waals surface area contributed by atoms with E-state index >= 15 is 0 Å². The SMILES string of the molecule is O=C1CC(c2nc3ccccc3n2Cc2c(F)cccc2Cl)CN1C1CCCCC1. The fourth-order valence-electron chi connectivity index (χ4n) is 5.06. The molecule has 1 aromatic heterocycles. The van der Waals surface area contributed by atoms with E-state index in [0.717, 1.165) is 29.7 Å². The van der Waals surface area contributed by atoms with Gasteiger partial charge in [0.2, 0.25) is 5.91 Å². The maximum atomic E-state index is 14.5. The van der Waals surface area contributed by atoms with Gasteiger partial charge in [0.15, 0.2) is 0 Å². The van der Waals surface area contributed by atoms with Gasteiger partial charge < -0.3 is 9.47 Å². The van der Waals surface area contributed by atoms with Gasteiger partial charge in [-0.2, -0.15) is 0 Å². The first kappa shape index (κ1) is 19.6. The van der Waals surface area contributed by atoms with E-state index < -0.39 is 0 Å². The van der Waals surface area contributed by atoms with Gasteiger partial charge in [0.1, 0.15) is 11.6 Å². The Bertz CT molecular complexity index is 1070. The third kappa shape index (κ3) is 3.49. The largest absolute Gasteiger partial charge is 0.339 e. The van der Waals surface area contributed by atoms with Crippen molar-refractivity contribution in [3.05, 3.63) is 64.7 Å². The molecular weight excluding hydrogens is 401 g/mol. The molecule has 6 heteroatoms. The van der Waals surface area contributed by atoms with Crippen LogP contribution in [0.25, 0.3) is 11.0 Å². The average Bonchev–Trinajstić information content (AvgIpc) is 3.32. The molecule has 0 N–H and O–H groups in total. The number of imidazole rings is 1. The zero-order valence-electron chi connectivity index (χ0n) is 16.9. The quantitative estimate of drug-likeness (QED) is 0.551. The Kier molecular flexibility index (Phi) is 5.23. The maximum absolute atomic E-state index is 14.5. The minimum absolute atomic E-state index is 0.0115. The fraction of sp³-hybridized carbons (Fsp3) is 0.417. The number of rotatable bonds is 4. The first-order valence-electron chi connectivity index (χ1n) is 10.8. The topological polar surface area (TPSA) is 38.1 Å². The van der Waals surface area contributed by atoms with Crippen molar-refractivity contribution in [2.24, 2.45) is 0 Å². The molecule has 30 heavy (non-hydrogen) atoms. The number of carbonyl (C=O) groups excluding carboxylic acids is 1. The summed E-state index contributed by atoms with van der Waals surface area (Å²) in [6.45, 7) is 0.993. The van der Waals surface area contributed by atoms with Crippen LogP contribution in [0.1, 0.15) is 55.8 Å². The van der Waals surface area contributed by atoms with Gasteiger partial charge in [-0.05, 0) is 37.1 Å². The lowest BCUT2D eigenvalue weighted by molar-refractivity contribution is -0.130. The van der Waals surface area contributed by atoms with Crippen LogP contribution in [0.4, 0.5) is 4.39 Å². The second kappa shape index (κ2) is 8.03. The zero-order chi connectivity index (χ0) is 20.7. The van der Waals surface area contributed by atoms with Crippen molar-refractivity contribution in [3.8, 4) is 0 Å². The Balaban J connectivity index is 1.52. The molecule has 2 aromatic carbocycles. The predicted molar refractivity (Wildman–Crippen MR) is 116 cm³/mol. The number of nitrogens with zero attached hydrogens (tertiary/aromatic N) is 3. The third-order valence-corrected chi connectivity index (χ3v) is 6.96. The highest BCUT2D eigenvalue weighted by Crippen LogP contribution is 2.35. The van der Waals surface area contributed by atoms with E-state index in [-0.39, 0.29) is 17.6 Å². The van der Waals surface area contributed by atoms with Crippen molar-refractivity contribution in [2.75, 3.05) is 6.54 Å². The van der Waals surface area contributed by atoms with Gasteiger partial charge in [-0.3, -0.25) is 4.79 Å². The van der Waals surface area contributed by atoms with Crippen LogP contribution in [0.2, 0.25) is 5.02 Å². The number of aromatic nitrogens is 2. The molecule has 2 aliphatic rings. The van der Waals surface area contributed by atoms with Crippen molar-refractivity contribution >= 4 is 28.5 Å². The van der Waals surface area contributed by atoms with Crippen LogP contribution in [0, 0.1) is 5.82 Å².